The van der Waals surface area contributed by atoms with Gasteiger partial charge in [0, 0.05) is 19.1 Å². The van der Waals surface area contributed by atoms with Crippen molar-refractivity contribution in [1.29, 1.82) is 5.26 Å². The summed E-state index contributed by atoms with van der Waals surface area (Å²) in [4.78, 5) is 2.28. The van der Waals surface area contributed by atoms with Gasteiger partial charge in [-0.25, -0.2) is 0 Å². The lowest BCUT2D eigenvalue weighted by Gasteiger charge is -2.39. The van der Waals surface area contributed by atoms with Crippen LogP contribution >= 0.6 is 0 Å². The molecule has 1 rings (SSSR count). The second-order valence-electron chi connectivity index (χ2n) is 6.20. The fourth-order valence-electron chi connectivity index (χ4n) is 2.75. The number of piperidine rings is 1. The van der Waals surface area contributed by atoms with Gasteiger partial charge in [0.25, 0.3) is 0 Å². The van der Waals surface area contributed by atoms with Crippen molar-refractivity contribution in [3.05, 3.63) is 0 Å². The monoisotopic (exact) mass is 223 g/mol. The minimum Gasteiger partial charge on any atom is -0.316 e. The van der Waals surface area contributed by atoms with E-state index in [-0.39, 0.29) is 0 Å². The Labute approximate surface area is 99.8 Å². The molecular formula is C13H25N3. The number of hydrogen-bond acceptors (Lipinski definition) is 3. The van der Waals surface area contributed by atoms with Crippen molar-refractivity contribution in [2.75, 3.05) is 26.7 Å². The second-order valence-corrected chi connectivity index (χ2v) is 6.20. The first-order chi connectivity index (χ1) is 7.44. The van der Waals surface area contributed by atoms with Crippen molar-refractivity contribution in [2.45, 2.75) is 39.7 Å². The molecular weight excluding hydrogens is 198 g/mol. The lowest BCUT2D eigenvalue weighted by atomic mass is 9.80. The SMILES string of the molecule is CNC1CC(CC(C)(C)C)CN(CC#N)C1. The molecule has 2 unspecified atom stereocenters. The Hall–Kier alpha value is -0.590. The molecule has 0 aromatic carbocycles. The highest BCUT2D eigenvalue weighted by Gasteiger charge is 2.28. The van der Waals surface area contributed by atoms with Crippen LogP contribution in [0, 0.1) is 22.7 Å². The summed E-state index contributed by atoms with van der Waals surface area (Å²) < 4.78 is 0. The maximum absolute atomic E-state index is 8.78. The predicted octanol–water partition coefficient (Wildman–Crippen LogP) is 1.86. The number of likely N-dealkylation sites (N-methyl/N-ethyl adjacent to an activating group) is 1. The zero-order chi connectivity index (χ0) is 12.2. The summed E-state index contributed by atoms with van der Waals surface area (Å²) in [5.74, 6) is 0.722. The highest BCUT2D eigenvalue weighted by molar-refractivity contribution is 4.88. The number of rotatable bonds is 3. The molecule has 0 amide bonds. The normalized spacial score (nSPS) is 27.7. The highest BCUT2D eigenvalue weighted by Crippen LogP contribution is 2.30. The van der Waals surface area contributed by atoms with Crippen molar-refractivity contribution in [2.24, 2.45) is 11.3 Å². The number of nitriles is 1. The average molecular weight is 223 g/mol. The Bertz CT molecular complexity index is 249. The van der Waals surface area contributed by atoms with Crippen molar-refractivity contribution in [3.63, 3.8) is 0 Å². The molecule has 2 atom stereocenters. The Morgan fingerprint density at radius 2 is 2.06 bits per heavy atom. The summed E-state index contributed by atoms with van der Waals surface area (Å²) in [5.41, 5.74) is 0.388. The van der Waals surface area contributed by atoms with Gasteiger partial charge in [0.1, 0.15) is 0 Å². The fraction of sp³-hybridized carbons (Fsp3) is 0.923. The molecule has 0 spiro atoms. The largest absolute Gasteiger partial charge is 0.316 e. The van der Waals surface area contributed by atoms with Crippen LogP contribution in [0.3, 0.4) is 0 Å². The first-order valence-electron chi connectivity index (χ1n) is 6.21. The van der Waals surface area contributed by atoms with Gasteiger partial charge in [-0.05, 0) is 31.2 Å². The maximum Gasteiger partial charge on any atom is 0.0866 e. The molecule has 1 saturated heterocycles. The van der Waals surface area contributed by atoms with Crippen LogP contribution in [0.1, 0.15) is 33.6 Å². The van der Waals surface area contributed by atoms with Crippen LogP contribution in [-0.4, -0.2) is 37.6 Å². The van der Waals surface area contributed by atoms with Crippen LogP contribution in [0.4, 0.5) is 0 Å². The van der Waals surface area contributed by atoms with Crippen LogP contribution in [-0.2, 0) is 0 Å². The number of nitrogens with one attached hydrogen (secondary N) is 1. The summed E-state index contributed by atoms with van der Waals surface area (Å²) in [6.45, 7) is 9.56. The first kappa shape index (κ1) is 13.5. The Morgan fingerprint density at radius 1 is 1.38 bits per heavy atom. The number of nitrogens with zero attached hydrogens (tertiary/aromatic N) is 2. The second kappa shape index (κ2) is 5.65. The Morgan fingerprint density at radius 3 is 2.56 bits per heavy atom. The maximum atomic E-state index is 8.78. The molecule has 16 heavy (non-hydrogen) atoms. The van der Waals surface area contributed by atoms with Crippen molar-refractivity contribution < 1.29 is 0 Å². The Balaban J connectivity index is 2.54. The fourth-order valence-corrected chi connectivity index (χ4v) is 2.75. The molecule has 0 aliphatic carbocycles. The van der Waals surface area contributed by atoms with E-state index < -0.39 is 0 Å². The van der Waals surface area contributed by atoms with E-state index in [9.17, 15) is 0 Å². The van der Waals surface area contributed by atoms with Gasteiger partial charge in [-0.15, -0.1) is 0 Å². The average Bonchev–Trinajstić information content (AvgIpc) is 2.15. The zero-order valence-corrected chi connectivity index (χ0v) is 11.1. The van der Waals surface area contributed by atoms with Crippen molar-refractivity contribution in [1.82, 2.24) is 10.2 Å². The van der Waals surface area contributed by atoms with E-state index in [0.29, 0.717) is 18.0 Å². The van der Waals surface area contributed by atoms with Crippen LogP contribution < -0.4 is 5.32 Å². The van der Waals surface area contributed by atoms with Crippen LogP contribution in [0.15, 0.2) is 0 Å². The highest BCUT2D eigenvalue weighted by atomic mass is 15.2. The third-order valence-electron chi connectivity index (χ3n) is 3.22. The minimum atomic E-state index is 0.388. The van der Waals surface area contributed by atoms with Gasteiger partial charge in [-0.3, -0.25) is 4.90 Å². The summed E-state index contributed by atoms with van der Waals surface area (Å²) in [6, 6.07) is 2.81. The van der Waals surface area contributed by atoms with Gasteiger partial charge in [0.15, 0.2) is 0 Å². The van der Waals surface area contributed by atoms with E-state index in [1.807, 2.05) is 7.05 Å². The molecule has 0 saturated carbocycles. The molecule has 1 heterocycles. The third kappa shape index (κ3) is 4.51. The van der Waals surface area contributed by atoms with Crippen LogP contribution in [0.25, 0.3) is 0 Å². The van der Waals surface area contributed by atoms with Gasteiger partial charge in [0.2, 0.25) is 0 Å². The first-order valence-corrected chi connectivity index (χ1v) is 6.21. The van der Waals surface area contributed by atoms with Crippen molar-refractivity contribution in [3.8, 4) is 6.07 Å². The Kier molecular flexibility index (Phi) is 4.76. The summed E-state index contributed by atoms with van der Waals surface area (Å²) in [6.07, 6.45) is 2.49. The van der Waals surface area contributed by atoms with Gasteiger partial charge < -0.3 is 5.32 Å². The smallest absolute Gasteiger partial charge is 0.0866 e. The van der Waals surface area contributed by atoms with E-state index >= 15 is 0 Å². The molecule has 3 heteroatoms. The molecule has 0 radical (unpaired) electrons. The molecule has 3 nitrogen and oxygen atoms in total. The van der Waals surface area contributed by atoms with Crippen LogP contribution in [0.5, 0.6) is 0 Å². The third-order valence-corrected chi connectivity index (χ3v) is 3.22. The molecule has 1 aliphatic heterocycles. The van der Waals surface area contributed by atoms with E-state index in [4.69, 9.17) is 5.26 Å². The molecule has 92 valence electrons. The standard InChI is InChI=1S/C13H25N3/c1-13(2,3)8-11-7-12(15-4)10-16(9-11)6-5-14/h11-12,15H,6-10H2,1-4H3. The molecule has 1 fully saturated rings. The lowest BCUT2D eigenvalue weighted by molar-refractivity contribution is 0.128. The van der Waals surface area contributed by atoms with Crippen molar-refractivity contribution >= 4 is 0 Å². The molecule has 0 aromatic heterocycles. The lowest BCUT2D eigenvalue weighted by Crippen LogP contribution is -2.48. The number of hydrogen-bond donors (Lipinski definition) is 1. The van der Waals surface area contributed by atoms with Gasteiger partial charge in [-0.1, -0.05) is 20.8 Å². The van der Waals surface area contributed by atoms with E-state index in [2.05, 4.69) is 37.1 Å². The van der Waals surface area contributed by atoms with Gasteiger partial charge >= 0.3 is 0 Å². The molecule has 1 aliphatic rings. The van der Waals surface area contributed by atoms with E-state index in [0.717, 1.165) is 19.0 Å². The van der Waals surface area contributed by atoms with E-state index in [1.54, 1.807) is 0 Å². The number of likely N-dealkylation sites (tertiary alicyclic amines) is 1. The zero-order valence-electron chi connectivity index (χ0n) is 11.1. The predicted molar refractivity (Wildman–Crippen MR) is 67.1 cm³/mol. The quantitative estimate of drug-likeness (QED) is 0.742. The summed E-state index contributed by atoms with van der Waals surface area (Å²) in [7, 11) is 2.02. The molecule has 0 bridgehead atoms. The van der Waals surface area contributed by atoms with E-state index in [1.165, 1.54) is 12.8 Å². The molecule has 1 N–H and O–H groups in total. The summed E-state index contributed by atoms with van der Waals surface area (Å²) in [5, 5.41) is 12.1. The van der Waals surface area contributed by atoms with Gasteiger partial charge in [-0.2, -0.15) is 5.26 Å². The topological polar surface area (TPSA) is 39.1 Å². The minimum absolute atomic E-state index is 0.388. The molecule has 0 aromatic rings. The van der Waals surface area contributed by atoms with Gasteiger partial charge in [0.05, 0.1) is 12.6 Å². The van der Waals surface area contributed by atoms with Crippen LogP contribution in [0.2, 0.25) is 0 Å². The summed E-state index contributed by atoms with van der Waals surface area (Å²) >= 11 is 0.